The largest absolute Gasteiger partial charge is 0.369 e. The average molecular weight is 352 g/mol. The van der Waals surface area contributed by atoms with Gasteiger partial charge in [0.15, 0.2) is 0 Å². The zero-order valence-electron chi connectivity index (χ0n) is 13.9. The highest BCUT2D eigenvalue weighted by molar-refractivity contribution is 6.33. The molecule has 1 aliphatic carbocycles. The van der Waals surface area contributed by atoms with E-state index in [-0.39, 0.29) is 5.91 Å². The summed E-state index contributed by atoms with van der Waals surface area (Å²) in [6.07, 6.45) is 4.14. The van der Waals surface area contributed by atoms with E-state index in [1.165, 1.54) is 0 Å². The number of hydrogen-bond acceptors (Lipinski definition) is 3. The van der Waals surface area contributed by atoms with Crippen molar-refractivity contribution < 1.29 is 4.79 Å². The molecule has 3 aromatic rings. The van der Waals surface area contributed by atoms with Crippen LogP contribution in [0.1, 0.15) is 31.2 Å². The molecule has 5 heteroatoms. The fourth-order valence-electron chi connectivity index (χ4n) is 3.31. The standard InChI is InChI=1S/C20H18ClN3O/c1-2-16-14-10-18(20(7-8-20)19(22)25)23-11-12(14)9-17(24-16)13-5-3-4-6-15(13)21/h3-6,9-11H,2,7-8H2,1H3,(H2,22,25). The SMILES string of the molecule is CCc1nc(-c2ccccc2Cl)cc2cnc(C3(C(N)=O)CC3)cc12. The minimum absolute atomic E-state index is 0.293. The second-order valence-electron chi connectivity index (χ2n) is 6.52. The van der Waals surface area contributed by atoms with Gasteiger partial charge in [0, 0.05) is 33.2 Å². The summed E-state index contributed by atoms with van der Waals surface area (Å²) in [5, 5.41) is 2.69. The monoisotopic (exact) mass is 351 g/mol. The maximum atomic E-state index is 11.8. The number of pyridine rings is 2. The number of fused-ring (bicyclic) bond motifs is 1. The van der Waals surface area contributed by atoms with Crippen LogP contribution in [0.15, 0.2) is 42.6 Å². The Morgan fingerprint density at radius 1 is 1.28 bits per heavy atom. The van der Waals surface area contributed by atoms with Gasteiger partial charge >= 0.3 is 0 Å². The normalized spacial score (nSPS) is 15.3. The number of hydrogen-bond donors (Lipinski definition) is 1. The number of aromatic nitrogens is 2. The van der Waals surface area contributed by atoms with E-state index in [1.807, 2.05) is 42.6 Å². The first kappa shape index (κ1) is 16.0. The number of carbonyl (C=O) groups excluding carboxylic acids is 1. The molecule has 0 spiro atoms. The van der Waals surface area contributed by atoms with Crippen LogP contribution in [0.2, 0.25) is 5.02 Å². The molecule has 25 heavy (non-hydrogen) atoms. The molecule has 0 bridgehead atoms. The highest BCUT2D eigenvalue weighted by Gasteiger charge is 2.51. The molecule has 1 aromatic carbocycles. The highest BCUT2D eigenvalue weighted by atomic mass is 35.5. The van der Waals surface area contributed by atoms with Crippen LogP contribution in [-0.2, 0) is 16.6 Å². The summed E-state index contributed by atoms with van der Waals surface area (Å²) >= 11 is 6.33. The molecule has 0 unspecified atom stereocenters. The van der Waals surface area contributed by atoms with Crippen molar-refractivity contribution in [3.05, 3.63) is 59.0 Å². The number of halogens is 1. The average Bonchev–Trinajstić information content (AvgIpc) is 3.43. The van der Waals surface area contributed by atoms with Gasteiger partial charge in [-0.05, 0) is 37.5 Å². The summed E-state index contributed by atoms with van der Waals surface area (Å²) in [7, 11) is 0. The Labute approximate surface area is 151 Å². The van der Waals surface area contributed by atoms with E-state index in [1.54, 1.807) is 0 Å². The van der Waals surface area contributed by atoms with Gasteiger partial charge in [-0.2, -0.15) is 0 Å². The highest BCUT2D eigenvalue weighted by Crippen LogP contribution is 2.47. The van der Waals surface area contributed by atoms with Crippen molar-refractivity contribution in [2.24, 2.45) is 5.73 Å². The number of benzene rings is 1. The maximum absolute atomic E-state index is 11.8. The molecule has 4 rings (SSSR count). The number of carbonyl (C=O) groups is 1. The topological polar surface area (TPSA) is 68.9 Å². The molecule has 1 amide bonds. The molecule has 4 nitrogen and oxygen atoms in total. The lowest BCUT2D eigenvalue weighted by molar-refractivity contribution is -0.120. The summed E-state index contributed by atoms with van der Waals surface area (Å²) in [4.78, 5) is 21.1. The zero-order valence-corrected chi connectivity index (χ0v) is 14.7. The van der Waals surface area contributed by atoms with Gasteiger partial charge < -0.3 is 5.73 Å². The van der Waals surface area contributed by atoms with E-state index in [2.05, 4.69) is 11.9 Å². The van der Waals surface area contributed by atoms with Crippen molar-refractivity contribution in [2.75, 3.05) is 0 Å². The van der Waals surface area contributed by atoms with E-state index in [0.717, 1.165) is 52.7 Å². The van der Waals surface area contributed by atoms with Crippen LogP contribution in [0.3, 0.4) is 0 Å². The Hall–Kier alpha value is -2.46. The molecule has 126 valence electrons. The Bertz CT molecular complexity index is 995. The van der Waals surface area contributed by atoms with Crippen molar-refractivity contribution in [2.45, 2.75) is 31.6 Å². The van der Waals surface area contributed by atoms with Gasteiger partial charge in [0.2, 0.25) is 5.91 Å². The zero-order chi connectivity index (χ0) is 17.6. The molecule has 2 N–H and O–H groups in total. The van der Waals surface area contributed by atoms with E-state index in [4.69, 9.17) is 22.3 Å². The van der Waals surface area contributed by atoms with Gasteiger partial charge in [0.25, 0.3) is 0 Å². The van der Waals surface area contributed by atoms with Gasteiger partial charge in [-0.15, -0.1) is 0 Å². The molecule has 1 aliphatic rings. The third-order valence-electron chi connectivity index (χ3n) is 4.99. The molecule has 2 aromatic heterocycles. The Balaban J connectivity index is 1.89. The number of primary amides is 1. The van der Waals surface area contributed by atoms with Crippen molar-refractivity contribution in [1.29, 1.82) is 0 Å². The van der Waals surface area contributed by atoms with Crippen LogP contribution < -0.4 is 5.73 Å². The predicted molar refractivity (Wildman–Crippen MR) is 99.5 cm³/mol. The predicted octanol–water partition coefficient (Wildman–Crippen LogP) is 4.03. The van der Waals surface area contributed by atoms with Crippen molar-refractivity contribution in [3.63, 3.8) is 0 Å². The molecule has 2 heterocycles. The van der Waals surface area contributed by atoms with Gasteiger partial charge in [-0.3, -0.25) is 14.8 Å². The number of aryl methyl sites for hydroxylation is 1. The molecule has 0 radical (unpaired) electrons. The van der Waals surface area contributed by atoms with Crippen molar-refractivity contribution >= 4 is 28.3 Å². The molecule has 0 saturated heterocycles. The molecular weight excluding hydrogens is 334 g/mol. The lowest BCUT2D eigenvalue weighted by Gasteiger charge is -2.14. The Morgan fingerprint density at radius 3 is 2.68 bits per heavy atom. The molecular formula is C20H18ClN3O. The summed E-state index contributed by atoms with van der Waals surface area (Å²) in [5.41, 5.74) is 8.47. The van der Waals surface area contributed by atoms with E-state index in [9.17, 15) is 4.79 Å². The van der Waals surface area contributed by atoms with Gasteiger partial charge in [0.05, 0.1) is 16.8 Å². The van der Waals surface area contributed by atoms with Crippen LogP contribution in [0, 0.1) is 0 Å². The van der Waals surface area contributed by atoms with Crippen LogP contribution in [0.25, 0.3) is 22.0 Å². The van der Waals surface area contributed by atoms with Crippen LogP contribution in [-0.4, -0.2) is 15.9 Å². The van der Waals surface area contributed by atoms with Crippen molar-refractivity contribution in [3.8, 4) is 11.3 Å². The second kappa shape index (κ2) is 5.81. The minimum atomic E-state index is -0.583. The lowest BCUT2D eigenvalue weighted by Crippen LogP contribution is -2.29. The fraction of sp³-hybridized carbons (Fsp3) is 0.250. The third kappa shape index (κ3) is 2.57. The molecule has 0 atom stereocenters. The number of amides is 1. The van der Waals surface area contributed by atoms with Gasteiger partial charge in [0.1, 0.15) is 0 Å². The maximum Gasteiger partial charge on any atom is 0.229 e. The Morgan fingerprint density at radius 2 is 2.04 bits per heavy atom. The van der Waals surface area contributed by atoms with Gasteiger partial charge in [-0.1, -0.05) is 36.7 Å². The van der Waals surface area contributed by atoms with E-state index >= 15 is 0 Å². The fourth-order valence-corrected chi connectivity index (χ4v) is 3.54. The first-order chi connectivity index (χ1) is 12.0. The summed E-state index contributed by atoms with van der Waals surface area (Å²) in [6, 6.07) is 11.7. The summed E-state index contributed by atoms with van der Waals surface area (Å²) < 4.78 is 0. The first-order valence-electron chi connectivity index (χ1n) is 8.40. The van der Waals surface area contributed by atoms with E-state index < -0.39 is 5.41 Å². The quantitative estimate of drug-likeness (QED) is 0.771. The third-order valence-corrected chi connectivity index (χ3v) is 5.32. The number of nitrogens with zero attached hydrogens (tertiary/aromatic N) is 2. The molecule has 1 fully saturated rings. The minimum Gasteiger partial charge on any atom is -0.369 e. The number of nitrogens with two attached hydrogens (primary N) is 1. The van der Waals surface area contributed by atoms with Crippen LogP contribution in [0.4, 0.5) is 0 Å². The van der Waals surface area contributed by atoms with Crippen LogP contribution >= 0.6 is 11.6 Å². The van der Waals surface area contributed by atoms with E-state index in [0.29, 0.717) is 5.02 Å². The Kier molecular flexibility index (Phi) is 3.73. The lowest BCUT2D eigenvalue weighted by atomic mass is 9.97. The van der Waals surface area contributed by atoms with Gasteiger partial charge in [-0.25, -0.2) is 0 Å². The summed E-state index contributed by atoms with van der Waals surface area (Å²) in [5.74, 6) is -0.293. The molecule has 0 aliphatic heterocycles. The van der Waals surface area contributed by atoms with Crippen LogP contribution in [0.5, 0.6) is 0 Å². The molecule has 1 saturated carbocycles. The number of rotatable bonds is 4. The first-order valence-corrected chi connectivity index (χ1v) is 8.78. The smallest absolute Gasteiger partial charge is 0.229 e. The second-order valence-corrected chi connectivity index (χ2v) is 6.93. The summed E-state index contributed by atoms with van der Waals surface area (Å²) in [6.45, 7) is 2.07. The van der Waals surface area contributed by atoms with Crippen molar-refractivity contribution in [1.82, 2.24) is 9.97 Å².